The van der Waals surface area contributed by atoms with Crippen LogP contribution < -0.4 is 10.6 Å². The summed E-state index contributed by atoms with van der Waals surface area (Å²) in [5.41, 5.74) is 5.21. The molecule has 1 amide bonds. The van der Waals surface area contributed by atoms with Crippen molar-refractivity contribution in [2.45, 2.75) is 20.8 Å². The summed E-state index contributed by atoms with van der Waals surface area (Å²) in [4.78, 5) is 20.8. The van der Waals surface area contributed by atoms with Gasteiger partial charge in [0.25, 0.3) is 5.91 Å². The average molecular weight is 367 g/mol. The van der Waals surface area contributed by atoms with Crippen molar-refractivity contribution in [3.8, 4) is 0 Å². The van der Waals surface area contributed by atoms with Gasteiger partial charge in [0, 0.05) is 28.8 Å². The summed E-state index contributed by atoms with van der Waals surface area (Å²) in [6.45, 7) is 5.99. The predicted molar refractivity (Wildman–Crippen MR) is 105 cm³/mol. The van der Waals surface area contributed by atoms with Crippen LogP contribution in [0, 0.1) is 20.8 Å². The molecule has 0 aliphatic carbocycles. The van der Waals surface area contributed by atoms with E-state index in [9.17, 15) is 4.79 Å². The van der Waals surface area contributed by atoms with Gasteiger partial charge < -0.3 is 10.6 Å². The van der Waals surface area contributed by atoms with Crippen molar-refractivity contribution in [3.63, 3.8) is 0 Å². The Morgan fingerprint density at radius 3 is 2.42 bits per heavy atom. The molecule has 5 nitrogen and oxygen atoms in total. The lowest BCUT2D eigenvalue weighted by atomic mass is 10.1. The first kappa shape index (κ1) is 17.9. The highest BCUT2D eigenvalue weighted by molar-refractivity contribution is 6.31. The first-order chi connectivity index (χ1) is 12.4. The molecule has 6 heteroatoms. The first-order valence-electron chi connectivity index (χ1n) is 8.17. The minimum atomic E-state index is -0.289. The van der Waals surface area contributed by atoms with Crippen LogP contribution in [0.5, 0.6) is 0 Å². The summed E-state index contributed by atoms with van der Waals surface area (Å²) < 4.78 is 0. The second-order valence-electron chi connectivity index (χ2n) is 6.09. The Morgan fingerprint density at radius 2 is 1.73 bits per heavy atom. The maximum absolute atomic E-state index is 12.3. The van der Waals surface area contributed by atoms with Gasteiger partial charge in [-0.25, -0.2) is 9.97 Å². The van der Waals surface area contributed by atoms with Crippen molar-refractivity contribution in [3.05, 3.63) is 76.1 Å². The quantitative estimate of drug-likeness (QED) is 0.678. The van der Waals surface area contributed by atoms with Crippen LogP contribution in [-0.4, -0.2) is 15.9 Å². The molecule has 0 bridgehead atoms. The van der Waals surface area contributed by atoms with Crippen LogP contribution in [0.25, 0.3) is 0 Å². The predicted octanol–water partition coefficient (Wildman–Crippen LogP) is 5.05. The number of halogens is 1. The number of amides is 1. The topological polar surface area (TPSA) is 66.9 Å². The number of nitrogens with one attached hydrogen (secondary N) is 2. The molecule has 2 aromatic carbocycles. The van der Waals surface area contributed by atoms with E-state index in [0.717, 1.165) is 16.8 Å². The monoisotopic (exact) mass is 366 g/mol. The van der Waals surface area contributed by atoms with Crippen LogP contribution in [0.2, 0.25) is 5.02 Å². The molecule has 0 spiro atoms. The molecule has 3 aromatic rings. The molecule has 0 unspecified atom stereocenters. The highest BCUT2D eigenvalue weighted by Crippen LogP contribution is 2.22. The maximum atomic E-state index is 12.3. The highest BCUT2D eigenvalue weighted by atomic mass is 35.5. The van der Waals surface area contributed by atoms with E-state index in [2.05, 4.69) is 20.6 Å². The molecule has 0 atom stereocenters. The number of hydrogen-bond acceptors (Lipinski definition) is 4. The van der Waals surface area contributed by atoms with Gasteiger partial charge in [0.05, 0.1) is 5.56 Å². The van der Waals surface area contributed by atoms with Crippen LogP contribution in [0.1, 0.15) is 27.0 Å². The lowest BCUT2D eigenvalue weighted by Crippen LogP contribution is -2.13. The lowest BCUT2D eigenvalue weighted by Gasteiger charge is -2.10. The van der Waals surface area contributed by atoms with E-state index in [1.807, 2.05) is 45.0 Å². The third-order valence-corrected chi connectivity index (χ3v) is 4.60. The van der Waals surface area contributed by atoms with Crippen molar-refractivity contribution in [2.75, 3.05) is 10.6 Å². The number of benzene rings is 2. The van der Waals surface area contributed by atoms with E-state index in [1.54, 1.807) is 12.1 Å². The number of carbonyl (C=O) groups excluding carboxylic acids is 1. The standard InChI is InChI=1S/C20H19ClN4O/c1-12-5-4-6-18(14(12)3)25-20-22-10-15(11-23-20)19(26)24-16-8-7-13(2)17(21)9-16/h4-11H,1-3H3,(H,24,26)(H,22,23,25). The average Bonchev–Trinajstić information content (AvgIpc) is 2.63. The SMILES string of the molecule is Cc1ccc(NC(=O)c2cnc(Nc3cccc(C)c3C)nc2)cc1Cl. The van der Waals surface area contributed by atoms with Gasteiger partial charge in [0.1, 0.15) is 0 Å². The Hall–Kier alpha value is -2.92. The summed E-state index contributed by atoms with van der Waals surface area (Å²) in [6.07, 6.45) is 2.98. The molecule has 0 aliphatic heterocycles. The zero-order chi connectivity index (χ0) is 18.7. The minimum absolute atomic E-state index is 0.289. The van der Waals surface area contributed by atoms with E-state index >= 15 is 0 Å². The molecule has 0 aliphatic rings. The summed E-state index contributed by atoms with van der Waals surface area (Å²) >= 11 is 6.08. The van der Waals surface area contributed by atoms with Gasteiger partial charge in [-0.15, -0.1) is 0 Å². The fourth-order valence-electron chi connectivity index (χ4n) is 2.39. The van der Waals surface area contributed by atoms with Crippen molar-refractivity contribution < 1.29 is 4.79 Å². The molecule has 0 radical (unpaired) electrons. The molecule has 26 heavy (non-hydrogen) atoms. The fourth-order valence-corrected chi connectivity index (χ4v) is 2.57. The Kier molecular flexibility index (Phi) is 5.19. The zero-order valence-corrected chi connectivity index (χ0v) is 15.6. The summed E-state index contributed by atoms with van der Waals surface area (Å²) in [7, 11) is 0. The second kappa shape index (κ2) is 7.54. The second-order valence-corrected chi connectivity index (χ2v) is 6.49. The van der Waals surface area contributed by atoms with Gasteiger partial charge in [-0.2, -0.15) is 0 Å². The van der Waals surface area contributed by atoms with Gasteiger partial charge in [-0.3, -0.25) is 4.79 Å². The normalized spacial score (nSPS) is 10.5. The van der Waals surface area contributed by atoms with E-state index in [4.69, 9.17) is 11.6 Å². The number of rotatable bonds is 4. The molecule has 1 aromatic heterocycles. The van der Waals surface area contributed by atoms with Crippen molar-refractivity contribution in [2.24, 2.45) is 0 Å². The Labute approximate surface area is 157 Å². The van der Waals surface area contributed by atoms with E-state index in [0.29, 0.717) is 22.2 Å². The minimum Gasteiger partial charge on any atom is -0.324 e. The van der Waals surface area contributed by atoms with Crippen LogP contribution in [0.4, 0.5) is 17.3 Å². The van der Waals surface area contributed by atoms with Gasteiger partial charge in [0.15, 0.2) is 0 Å². The van der Waals surface area contributed by atoms with Gasteiger partial charge in [0.2, 0.25) is 5.95 Å². The van der Waals surface area contributed by atoms with Crippen molar-refractivity contribution in [1.29, 1.82) is 0 Å². The molecule has 132 valence electrons. The smallest absolute Gasteiger partial charge is 0.258 e. The lowest BCUT2D eigenvalue weighted by molar-refractivity contribution is 0.102. The molecular formula is C20H19ClN4O. The van der Waals surface area contributed by atoms with Crippen LogP contribution >= 0.6 is 11.6 Å². The van der Waals surface area contributed by atoms with Crippen molar-refractivity contribution in [1.82, 2.24) is 9.97 Å². The van der Waals surface area contributed by atoms with Crippen LogP contribution in [0.3, 0.4) is 0 Å². The molecular weight excluding hydrogens is 348 g/mol. The zero-order valence-electron chi connectivity index (χ0n) is 14.8. The third-order valence-electron chi connectivity index (χ3n) is 4.19. The number of carbonyl (C=O) groups is 1. The molecule has 0 fully saturated rings. The van der Waals surface area contributed by atoms with Crippen LogP contribution in [0.15, 0.2) is 48.8 Å². The molecule has 0 saturated carbocycles. The van der Waals surface area contributed by atoms with Crippen molar-refractivity contribution >= 4 is 34.8 Å². The van der Waals surface area contributed by atoms with Gasteiger partial charge >= 0.3 is 0 Å². The largest absolute Gasteiger partial charge is 0.324 e. The van der Waals surface area contributed by atoms with E-state index in [-0.39, 0.29) is 5.91 Å². The van der Waals surface area contributed by atoms with E-state index in [1.165, 1.54) is 18.0 Å². The summed E-state index contributed by atoms with van der Waals surface area (Å²) in [6, 6.07) is 11.4. The molecule has 2 N–H and O–H groups in total. The Bertz CT molecular complexity index is 955. The summed E-state index contributed by atoms with van der Waals surface area (Å²) in [5.74, 6) is 0.150. The number of hydrogen-bond donors (Lipinski definition) is 2. The highest BCUT2D eigenvalue weighted by Gasteiger charge is 2.09. The Morgan fingerprint density at radius 1 is 1.00 bits per heavy atom. The first-order valence-corrected chi connectivity index (χ1v) is 8.54. The Balaban J connectivity index is 1.71. The number of nitrogens with zero attached hydrogens (tertiary/aromatic N) is 2. The molecule has 0 saturated heterocycles. The maximum Gasteiger partial charge on any atom is 0.258 e. The van der Waals surface area contributed by atoms with E-state index < -0.39 is 0 Å². The molecule has 3 rings (SSSR count). The number of anilines is 3. The van der Waals surface area contributed by atoms with Gasteiger partial charge in [-0.1, -0.05) is 29.8 Å². The number of aromatic nitrogens is 2. The fraction of sp³-hybridized carbons (Fsp3) is 0.150. The number of aryl methyl sites for hydroxylation is 2. The van der Waals surface area contributed by atoms with Crippen LogP contribution in [-0.2, 0) is 0 Å². The third kappa shape index (κ3) is 4.00. The summed E-state index contributed by atoms with van der Waals surface area (Å²) in [5, 5.41) is 6.56. The molecule has 1 heterocycles. The van der Waals surface area contributed by atoms with Gasteiger partial charge in [-0.05, 0) is 55.7 Å².